The molecule has 0 aliphatic rings. The van der Waals surface area contributed by atoms with E-state index in [4.69, 9.17) is 4.99 Å². The van der Waals surface area contributed by atoms with Crippen LogP contribution in [0.25, 0.3) is 11.5 Å². The first kappa shape index (κ1) is 15.9. The Hall–Kier alpha value is -2.95. The van der Waals surface area contributed by atoms with Crippen molar-refractivity contribution in [3.05, 3.63) is 65.8 Å². The number of aromatic nitrogens is 3. The summed E-state index contributed by atoms with van der Waals surface area (Å²) in [7, 11) is 0. The van der Waals surface area contributed by atoms with Crippen LogP contribution >= 0.6 is 0 Å². The van der Waals surface area contributed by atoms with E-state index in [1.807, 2.05) is 55.6 Å². The van der Waals surface area contributed by atoms with E-state index in [-0.39, 0.29) is 0 Å². The number of rotatable bonds is 3. The standard InChI is InChI=1S/C19H21N5/c1-5-17(18-14(3)21-19-20-11-6-12-24(18)19)23-15(4)22-16-9-7-13(2)8-10-16/h5-12H,1-4H3,(H,22,23)/b17-5-. The zero-order valence-electron chi connectivity index (χ0n) is 14.4. The average molecular weight is 319 g/mol. The first-order valence-electron chi connectivity index (χ1n) is 7.94. The van der Waals surface area contributed by atoms with Gasteiger partial charge in [-0.1, -0.05) is 23.8 Å². The Morgan fingerprint density at radius 2 is 1.96 bits per heavy atom. The number of nitrogens with zero attached hydrogens (tertiary/aromatic N) is 4. The summed E-state index contributed by atoms with van der Waals surface area (Å²) in [5.74, 6) is 1.51. The fourth-order valence-corrected chi connectivity index (χ4v) is 2.62. The van der Waals surface area contributed by atoms with Crippen LogP contribution in [-0.2, 0) is 0 Å². The average Bonchev–Trinajstić information content (AvgIpc) is 2.90. The normalized spacial score (nSPS) is 12.7. The highest BCUT2D eigenvalue weighted by atomic mass is 15.1. The van der Waals surface area contributed by atoms with Gasteiger partial charge in [0, 0.05) is 18.1 Å². The number of fused-ring (bicyclic) bond motifs is 1. The van der Waals surface area contributed by atoms with Gasteiger partial charge in [-0.05, 0) is 45.9 Å². The second-order valence-corrected chi connectivity index (χ2v) is 5.70. The number of aryl methyl sites for hydroxylation is 2. The van der Waals surface area contributed by atoms with Crippen molar-refractivity contribution < 1.29 is 0 Å². The minimum Gasteiger partial charge on any atom is -0.344 e. The highest BCUT2D eigenvalue weighted by Gasteiger charge is 2.13. The zero-order chi connectivity index (χ0) is 17.1. The number of aliphatic imine (C=N–C) groups is 1. The van der Waals surface area contributed by atoms with Gasteiger partial charge in [0.2, 0.25) is 5.78 Å². The maximum atomic E-state index is 4.74. The van der Waals surface area contributed by atoms with E-state index in [1.54, 1.807) is 6.20 Å². The van der Waals surface area contributed by atoms with Gasteiger partial charge in [0.05, 0.1) is 17.1 Å². The molecule has 0 unspecified atom stereocenters. The summed E-state index contributed by atoms with van der Waals surface area (Å²) in [6, 6.07) is 10.1. The van der Waals surface area contributed by atoms with Crippen LogP contribution in [0.3, 0.4) is 0 Å². The summed E-state index contributed by atoms with van der Waals surface area (Å²) in [5, 5.41) is 3.33. The van der Waals surface area contributed by atoms with Crippen molar-refractivity contribution in [1.82, 2.24) is 14.4 Å². The van der Waals surface area contributed by atoms with Gasteiger partial charge in [-0.25, -0.2) is 15.0 Å². The molecule has 5 nitrogen and oxygen atoms in total. The lowest BCUT2D eigenvalue weighted by molar-refractivity contribution is 1.08. The summed E-state index contributed by atoms with van der Waals surface area (Å²) < 4.78 is 1.97. The van der Waals surface area contributed by atoms with Gasteiger partial charge in [-0.15, -0.1) is 0 Å². The predicted molar refractivity (Wildman–Crippen MR) is 99.3 cm³/mol. The lowest BCUT2D eigenvalue weighted by Crippen LogP contribution is -2.08. The van der Waals surface area contributed by atoms with E-state index >= 15 is 0 Å². The van der Waals surface area contributed by atoms with Crippen LogP contribution in [0.15, 0.2) is 53.8 Å². The quantitative estimate of drug-likeness (QED) is 0.580. The first-order valence-corrected chi connectivity index (χ1v) is 7.94. The van der Waals surface area contributed by atoms with Crippen molar-refractivity contribution in [1.29, 1.82) is 0 Å². The molecule has 0 saturated heterocycles. The summed E-state index contributed by atoms with van der Waals surface area (Å²) in [4.78, 5) is 13.5. The first-order chi connectivity index (χ1) is 11.6. The molecule has 0 saturated carbocycles. The Labute approximate surface area is 141 Å². The second kappa shape index (κ2) is 6.66. The molecule has 2 aromatic heterocycles. The maximum absolute atomic E-state index is 4.74. The Bertz CT molecular complexity index is 917. The van der Waals surface area contributed by atoms with Gasteiger partial charge < -0.3 is 5.32 Å². The smallest absolute Gasteiger partial charge is 0.234 e. The zero-order valence-corrected chi connectivity index (χ0v) is 14.4. The Balaban J connectivity index is 1.93. The largest absolute Gasteiger partial charge is 0.344 e. The molecule has 0 aliphatic heterocycles. The molecule has 2 heterocycles. The second-order valence-electron chi connectivity index (χ2n) is 5.70. The Morgan fingerprint density at radius 3 is 2.67 bits per heavy atom. The van der Waals surface area contributed by atoms with Crippen LogP contribution < -0.4 is 5.32 Å². The van der Waals surface area contributed by atoms with Gasteiger partial charge in [-0.3, -0.25) is 4.40 Å². The number of hydrogen-bond donors (Lipinski definition) is 1. The van der Waals surface area contributed by atoms with Crippen LogP contribution in [0.2, 0.25) is 0 Å². The molecule has 3 aromatic rings. The fraction of sp³-hybridized carbons (Fsp3) is 0.211. The van der Waals surface area contributed by atoms with Gasteiger partial charge in [-0.2, -0.15) is 0 Å². The van der Waals surface area contributed by atoms with E-state index in [1.165, 1.54) is 5.56 Å². The number of imidazole rings is 1. The van der Waals surface area contributed by atoms with Gasteiger partial charge in [0.25, 0.3) is 0 Å². The third kappa shape index (κ3) is 3.20. The van der Waals surface area contributed by atoms with Crippen LogP contribution in [0.5, 0.6) is 0 Å². The van der Waals surface area contributed by atoms with Crippen LogP contribution in [0, 0.1) is 13.8 Å². The fourth-order valence-electron chi connectivity index (χ4n) is 2.62. The molecule has 0 atom stereocenters. The van der Waals surface area contributed by atoms with Crippen LogP contribution in [0.1, 0.15) is 30.8 Å². The molecule has 5 heteroatoms. The van der Waals surface area contributed by atoms with Crippen molar-refractivity contribution in [2.45, 2.75) is 27.7 Å². The number of benzene rings is 1. The Morgan fingerprint density at radius 1 is 1.21 bits per heavy atom. The Kier molecular flexibility index (Phi) is 4.42. The van der Waals surface area contributed by atoms with E-state index in [9.17, 15) is 0 Å². The van der Waals surface area contributed by atoms with E-state index < -0.39 is 0 Å². The van der Waals surface area contributed by atoms with E-state index in [2.05, 4.69) is 34.3 Å². The van der Waals surface area contributed by atoms with E-state index in [0.717, 1.165) is 28.6 Å². The highest BCUT2D eigenvalue weighted by molar-refractivity contribution is 5.97. The van der Waals surface area contributed by atoms with Gasteiger partial charge >= 0.3 is 0 Å². The monoisotopic (exact) mass is 319 g/mol. The van der Waals surface area contributed by atoms with Gasteiger partial charge in [0.15, 0.2) is 0 Å². The maximum Gasteiger partial charge on any atom is 0.234 e. The number of hydrogen-bond acceptors (Lipinski definition) is 3. The lowest BCUT2D eigenvalue weighted by Gasteiger charge is -2.08. The van der Waals surface area contributed by atoms with Gasteiger partial charge in [0.1, 0.15) is 5.84 Å². The summed E-state index contributed by atoms with van der Waals surface area (Å²) >= 11 is 0. The van der Waals surface area contributed by atoms with Crippen molar-refractivity contribution >= 4 is 23.0 Å². The number of nitrogens with one attached hydrogen (secondary N) is 1. The van der Waals surface area contributed by atoms with E-state index in [0.29, 0.717) is 5.78 Å². The predicted octanol–water partition coefficient (Wildman–Crippen LogP) is 4.24. The molecule has 0 spiro atoms. The minimum absolute atomic E-state index is 0.684. The molecule has 0 amide bonds. The molecule has 0 radical (unpaired) electrons. The highest BCUT2D eigenvalue weighted by Crippen LogP contribution is 2.21. The molecule has 0 aliphatic carbocycles. The molecule has 1 N–H and O–H groups in total. The lowest BCUT2D eigenvalue weighted by atomic mass is 10.2. The third-order valence-electron chi connectivity index (χ3n) is 3.76. The molecule has 122 valence electrons. The molecule has 1 aromatic carbocycles. The number of anilines is 1. The molecular weight excluding hydrogens is 298 g/mol. The summed E-state index contributed by atoms with van der Waals surface area (Å²) in [6.45, 7) is 7.99. The van der Waals surface area contributed by atoms with Crippen LogP contribution in [-0.4, -0.2) is 20.2 Å². The third-order valence-corrected chi connectivity index (χ3v) is 3.76. The summed E-state index contributed by atoms with van der Waals surface area (Å²) in [6.07, 6.45) is 5.69. The van der Waals surface area contributed by atoms with Crippen molar-refractivity contribution in [2.24, 2.45) is 4.99 Å². The van der Waals surface area contributed by atoms with Crippen molar-refractivity contribution in [2.75, 3.05) is 5.32 Å². The van der Waals surface area contributed by atoms with Crippen molar-refractivity contribution in [3.63, 3.8) is 0 Å². The number of amidine groups is 1. The van der Waals surface area contributed by atoms with Crippen molar-refractivity contribution in [3.8, 4) is 0 Å². The molecule has 0 fully saturated rings. The molecule has 24 heavy (non-hydrogen) atoms. The summed E-state index contributed by atoms with van der Waals surface area (Å²) in [5.41, 5.74) is 5.00. The van der Waals surface area contributed by atoms with Crippen LogP contribution in [0.4, 0.5) is 5.69 Å². The molecular formula is C19H21N5. The topological polar surface area (TPSA) is 54.6 Å². The SMILES string of the molecule is C/C=C(\N=C(C)Nc1ccc(C)cc1)c1c(C)nc2ncccn12. The molecule has 0 bridgehead atoms. The number of allylic oxidation sites excluding steroid dienone is 1. The minimum atomic E-state index is 0.684. The molecule has 3 rings (SSSR count).